The van der Waals surface area contributed by atoms with Gasteiger partial charge in [0.05, 0.1) is 7.11 Å². The summed E-state index contributed by atoms with van der Waals surface area (Å²) in [4.78, 5) is 26.4. The van der Waals surface area contributed by atoms with Crippen LogP contribution in [0.15, 0.2) is 48.5 Å². The fourth-order valence-corrected chi connectivity index (χ4v) is 3.44. The molecule has 0 saturated carbocycles. The number of ether oxygens (including phenoxy) is 1. The summed E-state index contributed by atoms with van der Waals surface area (Å²) in [5, 5.41) is 2.96. The highest BCUT2D eigenvalue weighted by Gasteiger charge is 2.25. The summed E-state index contributed by atoms with van der Waals surface area (Å²) < 4.78 is 5.28. The maximum absolute atomic E-state index is 12.6. The molecule has 0 aromatic heterocycles. The zero-order valence-corrected chi connectivity index (χ0v) is 15.9. The molecule has 3 rings (SSSR count). The van der Waals surface area contributed by atoms with Gasteiger partial charge < -0.3 is 10.1 Å². The lowest BCUT2D eigenvalue weighted by Gasteiger charge is -2.31. The van der Waals surface area contributed by atoms with Crippen molar-refractivity contribution in [2.24, 2.45) is 5.92 Å². The number of carbonyl (C=O) groups is 2. The minimum Gasteiger partial charge on any atom is -0.497 e. The van der Waals surface area contributed by atoms with Crippen LogP contribution in [-0.4, -0.2) is 36.8 Å². The second-order valence-electron chi connectivity index (χ2n) is 7.03. The number of anilines is 1. The standard InChI is InChI=1S/C22H26N2O3/c1-16(25)19-6-4-7-20(14-19)23-22(26)18-9-11-24(12-10-18)15-17-5-3-8-21(13-17)27-2/h3-8,13-14,18H,9-12,15H2,1-2H3,(H,23,26). The molecule has 1 aliphatic rings. The minimum atomic E-state index is -0.00282. The van der Waals surface area contributed by atoms with Crippen molar-refractivity contribution in [3.63, 3.8) is 0 Å². The minimum absolute atomic E-state index is 0.00282. The Balaban J connectivity index is 1.51. The molecule has 1 N–H and O–H groups in total. The third-order valence-electron chi connectivity index (χ3n) is 5.04. The average Bonchev–Trinajstić information content (AvgIpc) is 2.69. The second kappa shape index (κ2) is 8.82. The second-order valence-corrected chi connectivity index (χ2v) is 7.03. The lowest BCUT2D eigenvalue weighted by molar-refractivity contribution is -0.121. The third kappa shape index (κ3) is 5.17. The van der Waals surface area contributed by atoms with Crippen LogP contribution in [-0.2, 0) is 11.3 Å². The molecule has 0 spiro atoms. The fourth-order valence-electron chi connectivity index (χ4n) is 3.44. The van der Waals surface area contributed by atoms with Gasteiger partial charge in [0.1, 0.15) is 5.75 Å². The summed E-state index contributed by atoms with van der Waals surface area (Å²) in [6.45, 7) is 4.18. The van der Waals surface area contributed by atoms with E-state index in [0.717, 1.165) is 38.2 Å². The Bertz CT molecular complexity index is 811. The topological polar surface area (TPSA) is 58.6 Å². The zero-order valence-electron chi connectivity index (χ0n) is 15.9. The van der Waals surface area contributed by atoms with E-state index in [9.17, 15) is 9.59 Å². The number of hydrogen-bond acceptors (Lipinski definition) is 4. The number of carbonyl (C=O) groups excluding carboxylic acids is 2. The highest BCUT2D eigenvalue weighted by atomic mass is 16.5. The molecule has 2 aromatic carbocycles. The zero-order chi connectivity index (χ0) is 19.2. The number of amides is 1. The number of nitrogens with one attached hydrogen (secondary N) is 1. The molecule has 0 radical (unpaired) electrons. The van der Waals surface area contributed by atoms with E-state index >= 15 is 0 Å². The monoisotopic (exact) mass is 366 g/mol. The van der Waals surface area contributed by atoms with E-state index in [4.69, 9.17) is 4.74 Å². The van der Waals surface area contributed by atoms with Crippen molar-refractivity contribution in [3.8, 4) is 5.75 Å². The third-order valence-corrected chi connectivity index (χ3v) is 5.04. The van der Waals surface area contributed by atoms with E-state index in [2.05, 4.69) is 22.3 Å². The number of methoxy groups -OCH3 is 1. The molecule has 1 saturated heterocycles. The van der Waals surface area contributed by atoms with Gasteiger partial charge in [-0.1, -0.05) is 24.3 Å². The highest BCUT2D eigenvalue weighted by Crippen LogP contribution is 2.22. The van der Waals surface area contributed by atoms with Crippen molar-refractivity contribution in [1.29, 1.82) is 0 Å². The normalized spacial score (nSPS) is 15.3. The number of likely N-dealkylation sites (tertiary alicyclic amines) is 1. The number of piperidine rings is 1. The van der Waals surface area contributed by atoms with Crippen molar-refractivity contribution in [1.82, 2.24) is 4.90 Å². The van der Waals surface area contributed by atoms with Gasteiger partial charge in [-0.05, 0) is 62.7 Å². The molecule has 2 aromatic rings. The van der Waals surface area contributed by atoms with Crippen molar-refractivity contribution in [3.05, 3.63) is 59.7 Å². The van der Waals surface area contributed by atoms with E-state index < -0.39 is 0 Å². The van der Waals surface area contributed by atoms with Crippen molar-refractivity contribution in [2.45, 2.75) is 26.3 Å². The van der Waals surface area contributed by atoms with Gasteiger partial charge in [0, 0.05) is 23.7 Å². The van der Waals surface area contributed by atoms with Crippen LogP contribution in [0.2, 0.25) is 0 Å². The molecule has 0 bridgehead atoms. The van der Waals surface area contributed by atoms with Gasteiger partial charge in [-0.2, -0.15) is 0 Å². The molecule has 27 heavy (non-hydrogen) atoms. The first-order chi connectivity index (χ1) is 13.0. The fraction of sp³-hybridized carbons (Fsp3) is 0.364. The van der Waals surface area contributed by atoms with E-state index in [1.807, 2.05) is 18.2 Å². The maximum atomic E-state index is 12.6. The molecule has 1 amide bonds. The lowest BCUT2D eigenvalue weighted by Crippen LogP contribution is -2.37. The molecule has 5 heteroatoms. The van der Waals surface area contributed by atoms with Gasteiger partial charge in [-0.15, -0.1) is 0 Å². The molecule has 0 aliphatic carbocycles. The first-order valence-electron chi connectivity index (χ1n) is 9.32. The van der Waals surface area contributed by atoms with Crippen LogP contribution < -0.4 is 10.1 Å². The highest BCUT2D eigenvalue weighted by molar-refractivity contribution is 5.97. The molecule has 1 fully saturated rings. The molecular formula is C22H26N2O3. The van der Waals surface area contributed by atoms with E-state index in [0.29, 0.717) is 11.3 Å². The molecule has 142 valence electrons. The van der Waals surface area contributed by atoms with Crippen LogP contribution in [0.3, 0.4) is 0 Å². The number of Topliss-reactive ketones (excluding diaryl/α,β-unsaturated/α-hetero) is 1. The number of rotatable bonds is 6. The van der Waals surface area contributed by atoms with Crippen LogP contribution in [0.4, 0.5) is 5.69 Å². The van der Waals surface area contributed by atoms with Crippen molar-refractivity contribution < 1.29 is 14.3 Å². The Labute approximate surface area is 160 Å². The Hall–Kier alpha value is -2.66. The maximum Gasteiger partial charge on any atom is 0.227 e. The Morgan fingerprint density at radius 1 is 1.11 bits per heavy atom. The average molecular weight is 366 g/mol. The Morgan fingerprint density at radius 3 is 2.56 bits per heavy atom. The lowest BCUT2D eigenvalue weighted by atomic mass is 9.95. The van der Waals surface area contributed by atoms with Crippen LogP contribution in [0, 0.1) is 5.92 Å². The molecule has 0 atom stereocenters. The van der Waals surface area contributed by atoms with Gasteiger partial charge in [0.2, 0.25) is 5.91 Å². The van der Waals surface area contributed by atoms with Gasteiger partial charge >= 0.3 is 0 Å². The van der Waals surface area contributed by atoms with E-state index in [1.165, 1.54) is 12.5 Å². The van der Waals surface area contributed by atoms with Gasteiger partial charge in [-0.25, -0.2) is 0 Å². The smallest absolute Gasteiger partial charge is 0.227 e. The summed E-state index contributed by atoms with van der Waals surface area (Å²) in [6, 6.07) is 15.2. The van der Waals surface area contributed by atoms with Crippen LogP contribution in [0.1, 0.15) is 35.7 Å². The Kier molecular flexibility index (Phi) is 6.24. The summed E-state index contributed by atoms with van der Waals surface area (Å²) >= 11 is 0. The van der Waals surface area contributed by atoms with Crippen LogP contribution in [0.25, 0.3) is 0 Å². The van der Waals surface area contributed by atoms with Crippen LogP contribution in [0.5, 0.6) is 5.75 Å². The first kappa shape index (κ1) is 19.1. The predicted octanol–water partition coefficient (Wildman–Crippen LogP) is 3.75. The predicted molar refractivity (Wildman–Crippen MR) is 106 cm³/mol. The van der Waals surface area contributed by atoms with Crippen LogP contribution >= 0.6 is 0 Å². The number of nitrogens with zero attached hydrogens (tertiary/aromatic N) is 1. The van der Waals surface area contributed by atoms with E-state index in [1.54, 1.807) is 25.3 Å². The SMILES string of the molecule is COc1cccc(CN2CCC(C(=O)Nc3cccc(C(C)=O)c3)CC2)c1. The molecular weight excluding hydrogens is 340 g/mol. The van der Waals surface area contributed by atoms with Gasteiger partial charge in [-0.3, -0.25) is 14.5 Å². The van der Waals surface area contributed by atoms with Crippen molar-refractivity contribution >= 4 is 17.4 Å². The van der Waals surface area contributed by atoms with Crippen molar-refractivity contribution in [2.75, 3.05) is 25.5 Å². The first-order valence-corrected chi connectivity index (χ1v) is 9.32. The molecule has 0 unspecified atom stereocenters. The summed E-state index contributed by atoms with van der Waals surface area (Å²) in [6.07, 6.45) is 1.67. The number of benzene rings is 2. The Morgan fingerprint density at radius 2 is 1.85 bits per heavy atom. The largest absolute Gasteiger partial charge is 0.497 e. The van der Waals surface area contributed by atoms with Gasteiger partial charge in [0.15, 0.2) is 5.78 Å². The molecule has 5 nitrogen and oxygen atoms in total. The molecule has 1 heterocycles. The summed E-state index contributed by atoms with van der Waals surface area (Å²) in [5.41, 5.74) is 2.52. The van der Waals surface area contributed by atoms with E-state index in [-0.39, 0.29) is 17.6 Å². The number of hydrogen-bond donors (Lipinski definition) is 1. The molecule has 1 aliphatic heterocycles. The summed E-state index contributed by atoms with van der Waals surface area (Å²) in [5.74, 6) is 0.913. The van der Waals surface area contributed by atoms with Gasteiger partial charge in [0.25, 0.3) is 0 Å². The number of ketones is 1. The summed E-state index contributed by atoms with van der Waals surface area (Å²) in [7, 11) is 1.68. The quantitative estimate of drug-likeness (QED) is 0.791.